The van der Waals surface area contributed by atoms with Gasteiger partial charge in [0.2, 0.25) is 11.4 Å². The van der Waals surface area contributed by atoms with Gasteiger partial charge in [-0.25, -0.2) is 0 Å². The molecule has 0 saturated heterocycles. The van der Waals surface area contributed by atoms with Gasteiger partial charge in [0.15, 0.2) is 0 Å². The maximum atomic E-state index is 11.8. The monoisotopic (exact) mass is 398 g/mol. The second-order valence-corrected chi connectivity index (χ2v) is 7.18. The number of pyridine rings is 1. The zero-order valence-corrected chi connectivity index (χ0v) is 15.7. The second-order valence-electron chi connectivity index (χ2n) is 5.82. The van der Waals surface area contributed by atoms with Gasteiger partial charge in [0.25, 0.3) is 5.22 Å². The maximum Gasteiger partial charge on any atom is 0.276 e. The standard InChI is InChI=1S/C19H15ClN4O2S/c20-13-5-7-14(8-6-13)21-10-18-23-24-19(26-18)27-11-12-9-17(25)22-16-4-2-1-3-15(12)16/h1-9,21H,10-11H2,(H,22,25). The van der Waals surface area contributed by atoms with E-state index < -0.39 is 0 Å². The summed E-state index contributed by atoms with van der Waals surface area (Å²) in [5.41, 5.74) is 2.54. The van der Waals surface area contributed by atoms with Crippen LogP contribution in [0.4, 0.5) is 5.69 Å². The largest absolute Gasteiger partial charge is 0.414 e. The first-order chi connectivity index (χ1) is 13.2. The fourth-order valence-corrected chi connectivity index (χ4v) is 3.55. The summed E-state index contributed by atoms with van der Waals surface area (Å²) in [4.78, 5) is 14.7. The third-order valence-corrected chi connectivity index (χ3v) is 5.04. The Hall–Kier alpha value is -2.77. The van der Waals surface area contributed by atoms with Crippen molar-refractivity contribution in [3.05, 3.63) is 81.4 Å². The average molecular weight is 399 g/mol. The van der Waals surface area contributed by atoms with Crippen LogP contribution in [0.1, 0.15) is 11.5 Å². The van der Waals surface area contributed by atoms with Crippen molar-refractivity contribution in [1.29, 1.82) is 0 Å². The highest BCUT2D eigenvalue weighted by molar-refractivity contribution is 7.98. The highest BCUT2D eigenvalue weighted by Gasteiger charge is 2.09. The molecule has 2 N–H and O–H groups in total. The molecule has 27 heavy (non-hydrogen) atoms. The summed E-state index contributed by atoms with van der Waals surface area (Å²) in [5, 5.41) is 13.5. The molecule has 8 heteroatoms. The molecule has 4 aromatic rings. The number of anilines is 1. The second kappa shape index (κ2) is 7.85. The first kappa shape index (κ1) is 17.6. The molecule has 0 atom stereocenters. The van der Waals surface area contributed by atoms with Crippen LogP contribution in [-0.2, 0) is 12.3 Å². The average Bonchev–Trinajstić information content (AvgIpc) is 3.13. The summed E-state index contributed by atoms with van der Waals surface area (Å²) in [5.74, 6) is 1.06. The summed E-state index contributed by atoms with van der Waals surface area (Å²) >= 11 is 7.27. The minimum Gasteiger partial charge on any atom is -0.414 e. The number of H-pyrrole nitrogens is 1. The van der Waals surface area contributed by atoms with Gasteiger partial charge in [0, 0.05) is 33.4 Å². The summed E-state index contributed by atoms with van der Waals surface area (Å²) < 4.78 is 5.66. The van der Waals surface area contributed by atoms with Crippen molar-refractivity contribution in [3.8, 4) is 0 Å². The fourth-order valence-electron chi connectivity index (χ4n) is 2.65. The summed E-state index contributed by atoms with van der Waals surface area (Å²) in [6.45, 7) is 0.420. The Balaban J connectivity index is 1.41. The minimum absolute atomic E-state index is 0.123. The number of benzene rings is 2. The fraction of sp³-hybridized carbons (Fsp3) is 0.105. The molecule has 0 aliphatic heterocycles. The van der Waals surface area contributed by atoms with Gasteiger partial charge in [-0.15, -0.1) is 10.2 Å². The molecule has 0 aliphatic rings. The van der Waals surface area contributed by atoms with Crippen molar-refractivity contribution in [3.63, 3.8) is 0 Å². The molecule has 2 aromatic heterocycles. The number of nitrogens with one attached hydrogen (secondary N) is 2. The van der Waals surface area contributed by atoms with Gasteiger partial charge >= 0.3 is 0 Å². The minimum atomic E-state index is -0.123. The van der Waals surface area contributed by atoms with Gasteiger partial charge in [-0.05, 0) is 35.9 Å². The molecule has 0 spiro atoms. The van der Waals surface area contributed by atoms with Crippen molar-refractivity contribution >= 4 is 40.0 Å². The molecule has 0 saturated carbocycles. The predicted molar refractivity (Wildman–Crippen MR) is 107 cm³/mol. The summed E-state index contributed by atoms with van der Waals surface area (Å²) in [6.07, 6.45) is 0. The molecule has 0 aliphatic carbocycles. The van der Waals surface area contributed by atoms with Crippen molar-refractivity contribution in [2.45, 2.75) is 17.5 Å². The molecule has 136 valence electrons. The topological polar surface area (TPSA) is 83.8 Å². The lowest BCUT2D eigenvalue weighted by Gasteiger charge is -2.04. The highest BCUT2D eigenvalue weighted by Crippen LogP contribution is 2.25. The number of nitrogens with zero attached hydrogens (tertiary/aromatic N) is 2. The Labute approximate surface area is 164 Å². The lowest BCUT2D eigenvalue weighted by Crippen LogP contribution is -2.05. The van der Waals surface area contributed by atoms with Gasteiger partial charge in [-0.1, -0.05) is 41.6 Å². The predicted octanol–water partition coefficient (Wildman–Crippen LogP) is 4.47. The van der Waals surface area contributed by atoms with E-state index in [0.717, 1.165) is 22.2 Å². The number of fused-ring (bicyclic) bond motifs is 1. The highest BCUT2D eigenvalue weighted by atomic mass is 35.5. The molecule has 0 amide bonds. The number of para-hydroxylation sites is 1. The molecule has 0 bridgehead atoms. The Kier molecular flexibility index (Phi) is 5.13. The number of halogens is 1. The van der Waals surface area contributed by atoms with Gasteiger partial charge < -0.3 is 14.7 Å². The molecule has 2 aromatic carbocycles. The lowest BCUT2D eigenvalue weighted by molar-refractivity contribution is 0.418. The van der Waals surface area contributed by atoms with E-state index in [1.165, 1.54) is 11.8 Å². The molecular weight excluding hydrogens is 384 g/mol. The zero-order valence-electron chi connectivity index (χ0n) is 14.1. The Bertz CT molecular complexity index is 1120. The number of hydrogen-bond donors (Lipinski definition) is 2. The van der Waals surface area contributed by atoms with E-state index in [9.17, 15) is 4.79 Å². The quantitative estimate of drug-likeness (QED) is 0.466. The number of aromatic nitrogens is 3. The summed E-state index contributed by atoms with van der Waals surface area (Å²) in [7, 11) is 0. The number of hydrogen-bond acceptors (Lipinski definition) is 6. The van der Waals surface area contributed by atoms with Crippen molar-refractivity contribution in [2.24, 2.45) is 0 Å². The normalized spacial score (nSPS) is 11.0. The first-order valence-electron chi connectivity index (χ1n) is 8.23. The van der Waals surface area contributed by atoms with Gasteiger partial charge in [-0.3, -0.25) is 4.79 Å². The third kappa shape index (κ3) is 4.32. The number of aromatic amines is 1. The van der Waals surface area contributed by atoms with Gasteiger partial charge in [0.1, 0.15) is 0 Å². The van der Waals surface area contributed by atoms with Crippen LogP contribution in [0.3, 0.4) is 0 Å². The van der Waals surface area contributed by atoms with Crippen molar-refractivity contribution in [1.82, 2.24) is 15.2 Å². The van der Waals surface area contributed by atoms with Crippen LogP contribution < -0.4 is 10.9 Å². The van der Waals surface area contributed by atoms with E-state index >= 15 is 0 Å². The molecule has 0 fully saturated rings. The van der Waals surface area contributed by atoms with Crippen molar-refractivity contribution < 1.29 is 4.42 Å². The Morgan fingerprint density at radius 2 is 1.93 bits per heavy atom. The SMILES string of the molecule is O=c1cc(CSc2nnc(CNc3ccc(Cl)cc3)o2)c2ccccc2[nH]1. The molecule has 4 rings (SSSR count). The van der Waals surface area contributed by atoms with Crippen LogP contribution in [0.5, 0.6) is 0 Å². The van der Waals surface area contributed by atoms with E-state index in [2.05, 4.69) is 20.5 Å². The van der Waals surface area contributed by atoms with Crippen LogP contribution in [0.25, 0.3) is 10.9 Å². The first-order valence-corrected chi connectivity index (χ1v) is 9.59. The maximum absolute atomic E-state index is 11.8. The Morgan fingerprint density at radius 1 is 1.11 bits per heavy atom. The molecule has 0 unspecified atom stereocenters. The van der Waals surface area contributed by atoms with Crippen LogP contribution in [-0.4, -0.2) is 15.2 Å². The summed E-state index contributed by atoms with van der Waals surface area (Å²) in [6, 6.07) is 16.7. The van der Waals surface area contributed by atoms with Crippen LogP contribution in [0.2, 0.25) is 5.02 Å². The molecule has 0 radical (unpaired) electrons. The van der Waals surface area contributed by atoms with Crippen LogP contribution in [0.15, 0.2) is 69.0 Å². The van der Waals surface area contributed by atoms with E-state index in [0.29, 0.717) is 28.4 Å². The van der Waals surface area contributed by atoms with Gasteiger partial charge in [0.05, 0.1) is 6.54 Å². The van der Waals surface area contributed by atoms with Crippen LogP contribution in [0, 0.1) is 0 Å². The van der Waals surface area contributed by atoms with E-state index in [-0.39, 0.29) is 5.56 Å². The smallest absolute Gasteiger partial charge is 0.276 e. The van der Waals surface area contributed by atoms with Gasteiger partial charge in [-0.2, -0.15) is 0 Å². The molecule has 2 heterocycles. The number of thioether (sulfide) groups is 1. The van der Waals surface area contributed by atoms with Crippen LogP contribution >= 0.6 is 23.4 Å². The van der Waals surface area contributed by atoms with Crippen molar-refractivity contribution in [2.75, 3.05) is 5.32 Å². The van der Waals surface area contributed by atoms with E-state index in [1.807, 2.05) is 48.5 Å². The van der Waals surface area contributed by atoms with E-state index in [4.69, 9.17) is 16.0 Å². The lowest BCUT2D eigenvalue weighted by atomic mass is 10.1. The van der Waals surface area contributed by atoms with E-state index in [1.54, 1.807) is 6.07 Å². The Morgan fingerprint density at radius 3 is 2.78 bits per heavy atom. The molecule has 6 nitrogen and oxygen atoms in total. The zero-order chi connectivity index (χ0) is 18.6. The molecular formula is C19H15ClN4O2S. The third-order valence-electron chi connectivity index (χ3n) is 3.92. The number of rotatable bonds is 6.